The Hall–Kier alpha value is -2.28. The van der Waals surface area contributed by atoms with Gasteiger partial charge in [-0.25, -0.2) is 4.79 Å². The highest BCUT2D eigenvalue weighted by Gasteiger charge is 2.22. The van der Waals surface area contributed by atoms with Gasteiger partial charge in [0.1, 0.15) is 0 Å². The van der Waals surface area contributed by atoms with Crippen LogP contribution in [0.25, 0.3) is 0 Å². The van der Waals surface area contributed by atoms with Crippen molar-refractivity contribution in [1.29, 1.82) is 0 Å². The number of benzene rings is 1. The molecule has 1 fully saturated rings. The lowest BCUT2D eigenvalue weighted by atomic mass is 9.87. The van der Waals surface area contributed by atoms with E-state index in [0.717, 1.165) is 25.7 Å². The Kier molecular flexibility index (Phi) is 7.91. The second-order valence-electron chi connectivity index (χ2n) is 7.00. The van der Waals surface area contributed by atoms with Crippen LogP contribution >= 0.6 is 11.6 Å². The standard InChI is InChI=1S/C19H26ClN3O4/c1-12-2-8-15(9-3-12)22-17(24)11-27-18(25)10-16(23-19(21)26)13-4-6-14(20)7-5-13/h4-7,12,15-16H,2-3,8-11H2,1H3,(H,22,24)(H3,21,23,26)/t12?,15?,16-/m1/s1. The first-order valence-electron chi connectivity index (χ1n) is 9.10. The molecule has 8 heteroatoms. The lowest BCUT2D eigenvalue weighted by Gasteiger charge is -2.26. The van der Waals surface area contributed by atoms with Crippen LogP contribution in [-0.4, -0.2) is 30.6 Å². The molecule has 1 aliphatic carbocycles. The van der Waals surface area contributed by atoms with Gasteiger partial charge in [-0.15, -0.1) is 0 Å². The number of rotatable bonds is 7. The first-order chi connectivity index (χ1) is 12.8. The van der Waals surface area contributed by atoms with Gasteiger partial charge in [0.15, 0.2) is 6.61 Å². The van der Waals surface area contributed by atoms with Crippen LogP contribution in [0.15, 0.2) is 24.3 Å². The number of primary amides is 1. The second-order valence-corrected chi connectivity index (χ2v) is 7.44. The van der Waals surface area contributed by atoms with Crippen molar-refractivity contribution in [2.75, 3.05) is 6.61 Å². The summed E-state index contributed by atoms with van der Waals surface area (Å²) >= 11 is 5.85. The van der Waals surface area contributed by atoms with Gasteiger partial charge in [-0.3, -0.25) is 9.59 Å². The minimum absolute atomic E-state index is 0.140. The van der Waals surface area contributed by atoms with Gasteiger partial charge in [-0.1, -0.05) is 30.7 Å². The molecule has 0 bridgehead atoms. The number of hydrogen-bond donors (Lipinski definition) is 3. The van der Waals surface area contributed by atoms with Gasteiger partial charge in [0.05, 0.1) is 12.5 Å². The lowest BCUT2D eigenvalue weighted by molar-refractivity contribution is -0.149. The minimum atomic E-state index is -0.757. The van der Waals surface area contributed by atoms with Gasteiger partial charge in [-0.05, 0) is 49.3 Å². The van der Waals surface area contributed by atoms with Gasteiger partial charge in [0, 0.05) is 11.1 Å². The molecule has 1 aromatic rings. The molecule has 3 amide bonds. The van der Waals surface area contributed by atoms with Crippen molar-refractivity contribution in [1.82, 2.24) is 10.6 Å². The SMILES string of the molecule is CC1CCC(NC(=O)COC(=O)C[C@@H](NC(N)=O)c2ccc(Cl)cc2)CC1. The second kappa shape index (κ2) is 10.2. The topological polar surface area (TPSA) is 111 Å². The predicted molar refractivity (Wildman–Crippen MR) is 102 cm³/mol. The normalized spacial score (nSPS) is 20.4. The monoisotopic (exact) mass is 395 g/mol. The third kappa shape index (κ3) is 7.46. The fourth-order valence-corrected chi connectivity index (χ4v) is 3.29. The zero-order valence-electron chi connectivity index (χ0n) is 15.4. The zero-order chi connectivity index (χ0) is 19.8. The van der Waals surface area contributed by atoms with Crippen molar-refractivity contribution < 1.29 is 19.1 Å². The molecule has 0 aromatic heterocycles. The highest BCUT2D eigenvalue weighted by Crippen LogP contribution is 2.23. The Labute approximate surface area is 164 Å². The van der Waals surface area contributed by atoms with Crippen LogP contribution in [0.1, 0.15) is 50.6 Å². The number of nitrogens with two attached hydrogens (primary N) is 1. The molecule has 1 saturated carbocycles. The highest BCUT2D eigenvalue weighted by molar-refractivity contribution is 6.30. The molecule has 1 aromatic carbocycles. The van der Waals surface area contributed by atoms with Crippen molar-refractivity contribution in [3.05, 3.63) is 34.9 Å². The molecule has 0 spiro atoms. The number of hydrogen-bond acceptors (Lipinski definition) is 4. The summed E-state index contributed by atoms with van der Waals surface area (Å²) in [6.45, 7) is 1.87. The minimum Gasteiger partial charge on any atom is -0.456 e. The van der Waals surface area contributed by atoms with Gasteiger partial charge < -0.3 is 21.1 Å². The number of carbonyl (C=O) groups excluding carboxylic acids is 3. The number of nitrogens with one attached hydrogen (secondary N) is 2. The Bertz CT molecular complexity index is 657. The van der Waals surface area contributed by atoms with E-state index in [-0.39, 0.29) is 25.0 Å². The maximum absolute atomic E-state index is 12.1. The Morgan fingerprint density at radius 3 is 2.41 bits per heavy atom. The number of ether oxygens (including phenoxy) is 1. The molecule has 0 unspecified atom stereocenters. The summed E-state index contributed by atoms with van der Waals surface area (Å²) in [5, 5.41) is 5.93. The van der Waals surface area contributed by atoms with Crippen molar-refractivity contribution >= 4 is 29.5 Å². The van der Waals surface area contributed by atoms with Crippen LogP contribution in [0.4, 0.5) is 4.79 Å². The quantitative estimate of drug-likeness (QED) is 0.616. The number of esters is 1. The Morgan fingerprint density at radius 2 is 1.81 bits per heavy atom. The smallest absolute Gasteiger partial charge is 0.312 e. The fourth-order valence-electron chi connectivity index (χ4n) is 3.16. The average Bonchev–Trinajstić information content (AvgIpc) is 2.62. The lowest BCUT2D eigenvalue weighted by Crippen LogP contribution is -2.40. The van der Waals surface area contributed by atoms with E-state index >= 15 is 0 Å². The van der Waals surface area contributed by atoms with Gasteiger partial charge >= 0.3 is 12.0 Å². The summed E-state index contributed by atoms with van der Waals surface area (Å²) in [6, 6.07) is 5.40. The number of urea groups is 1. The molecule has 4 N–H and O–H groups in total. The predicted octanol–water partition coefficient (Wildman–Crippen LogP) is 2.68. The third-order valence-electron chi connectivity index (χ3n) is 4.70. The number of amides is 3. The molecule has 7 nitrogen and oxygen atoms in total. The summed E-state index contributed by atoms with van der Waals surface area (Å²) in [5.74, 6) is -0.219. The van der Waals surface area contributed by atoms with Crippen molar-refractivity contribution in [2.24, 2.45) is 11.7 Å². The maximum Gasteiger partial charge on any atom is 0.312 e. The molecule has 0 heterocycles. The molecule has 0 radical (unpaired) electrons. The zero-order valence-corrected chi connectivity index (χ0v) is 16.1. The van der Waals surface area contributed by atoms with Gasteiger partial charge in [0.25, 0.3) is 5.91 Å². The molecule has 0 aliphatic heterocycles. The largest absolute Gasteiger partial charge is 0.456 e. The number of halogens is 1. The molecule has 2 rings (SSSR count). The third-order valence-corrected chi connectivity index (χ3v) is 4.96. The van der Waals surface area contributed by atoms with Crippen LogP contribution in [0.2, 0.25) is 5.02 Å². The van der Waals surface area contributed by atoms with Crippen LogP contribution in [-0.2, 0) is 14.3 Å². The maximum atomic E-state index is 12.1. The van der Waals surface area contributed by atoms with Crippen LogP contribution < -0.4 is 16.4 Å². The Balaban J connectivity index is 1.81. The van der Waals surface area contributed by atoms with E-state index in [4.69, 9.17) is 22.1 Å². The van der Waals surface area contributed by atoms with Crippen molar-refractivity contribution in [3.8, 4) is 0 Å². The van der Waals surface area contributed by atoms with E-state index in [0.29, 0.717) is 16.5 Å². The van der Waals surface area contributed by atoms with E-state index < -0.39 is 18.0 Å². The van der Waals surface area contributed by atoms with E-state index in [9.17, 15) is 14.4 Å². The summed E-state index contributed by atoms with van der Waals surface area (Å²) in [5.41, 5.74) is 5.84. The fraction of sp³-hybridized carbons (Fsp3) is 0.526. The first kappa shape index (κ1) is 21.0. The van der Waals surface area contributed by atoms with Gasteiger partial charge in [0.2, 0.25) is 0 Å². The van der Waals surface area contributed by atoms with E-state index in [1.54, 1.807) is 24.3 Å². The van der Waals surface area contributed by atoms with Crippen LogP contribution in [0.3, 0.4) is 0 Å². The average molecular weight is 396 g/mol. The van der Waals surface area contributed by atoms with Crippen molar-refractivity contribution in [2.45, 2.75) is 51.1 Å². The molecule has 1 aliphatic rings. The molecular formula is C19H26ClN3O4. The molecule has 0 saturated heterocycles. The summed E-state index contributed by atoms with van der Waals surface area (Å²) < 4.78 is 5.05. The molecule has 148 valence electrons. The van der Waals surface area contributed by atoms with Crippen LogP contribution in [0, 0.1) is 5.92 Å². The molecule has 27 heavy (non-hydrogen) atoms. The van der Waals surface area contributed by atoms with E-state index in [2.05, 4.69) is 17.6 Å². The highest BCUT2D eigenvalue weighted by atomic mass is 35.5. The molecular weight excluding hydrogens is 370 g/mol. The molecule has 1 atom stereocenters. The Morgan fingerprint density at radius 1 is 1.19 bits per heavy atom. The van der Waals surface area contributed by atoms with Crippen molar-refractivity contribution in [3.63, 3.8) is 0 Å². The first-order valence-corrected chi connectivity index (χ1v) is 9.47. The summed E-state index contributed by atoms with van der Waals surface area (Å²) in [4.78, 5) is 35.3. The summed E-state index contributed by atoms with van der Waals surface area (Å²) in [6.07, 6.45) is 3.93. The summed E-state index contributed by atoms with van der Waals surface area (Å²) in [7, 11) is 0. The van der Waals surface area contributed by atoms with Crippen LogP contribution in [0.5, 0.6) is 0 Å². The number of carbonyl (C=O) groups is 3. The van der Waals surface area contributed by atoms with E-state index in [1.165, 1.54) is 0 Å². The van der Waals surface area contributed by atoms with Gasteiger partial charge in [-0.2, -0.15) is 0 Å². The van der Waals surface area contributed by atoms with E-state index in [1.807, 2.05) is 0 Å².